The van der Waals surface area contributed by atoms with Gasteiger partial charge in [0, 0.05) is 13.1 Å². The van der Waals surface area contributed by atoms with E-state index in [4.69, 9.17) is 0 Å². The fraction of sp³-hybridized carbons (Fsp3) is 0.158. The number of likely N-dealkylation sites (N-methyl/N-ethyl adjacent to an activating group) is 1. The van der Waals surface area contributed by atoms with Crippen LogP contribution in [0.4, 0.5) is 8.78 Å². The van der Waals surface area contributed by atoms with Crippen molar-refractivity contribution in [2.45, 2.75) is 13.0 Å². The third-order valence-corrected chi connectivity index (χ3v) is 3.58. The molecule has 1 atom stereocenters. The van der Waals surface area contributed by atoms with Gasteiger partial charge in [0.2, 0.25) is 11.8 Å². The highest BCUT2D eigenvalue weighted by Gasteiger charge is 2.22. The summed E-state index contributed by atoms with van der Waals surface area (Å²) < 4.78 is 26.5. The van der Waals surface area contributed by atoms with Gasteiger partial charge in [-0.15, -0.1) is 0 Å². The molecule has 6 heteroatoms. The first-order valence-electron chi connectivity index (χ1n) is 7.62. The van der Waals surface area contributed by atoms with Crippen LogP contribution < -0.4 is 10.6 Å². The highest BCUT2D eigenvalue weighted by atomic mass is 19.2. The number of rotatable bonds is 5. The van der Waals surface area contributed by atoms with Gasteiger partial charge in [0.1, 0.15) is 6.04 Å². The first-order valence-corrected chi connectivity index (χ1v) is 7.62. The van der Waals surface area contributed by atoms with Crippen LogP contribution in [0.25, 0.3) is 6.08 Å². The number of amides is 2. The Morgan fingerprint density at radius 2 is 1.72 bits per heavy atom. The quantitative estimate of drug-likeness (QED) is 0.820. The van der Waals surface area contributed by atoms with E-state index in [0.717, 1.165) is 23.3 Å². The Morgan fingerprint density at radius 1 is 1.04 bits per heavy atom. The highest BCUT2D eigenvalue weighted by molar-refractivity contribution is 5.95. The Kier molecular flexibility index (Phi) is 6.00. The SMILES string of the molecule is CNC(=O)C(NC(=O)C=Cc1ccc(C)cc1)c1ccc(F)c(F)c1. The molecule has 25 heavy (non-hydrogen) atoms. The van der Waals surface area contributed by atoms with Gasteiger partial charge in [-0.05, 0) is 36.3 Å². The molecule has 2 N–H and O–H groups in total. The molecule has 0 bridgehead atoms. The first kappa shape index (κ1) is 18.3. The van der Waals surface area contributed by atoms with E-state index in [1.54, 1.807) is 6.08 Å². The number of aryl methyl sites for hydroxylation is 1. The minimum absolute atomic E-state index is 0.148. The fourth-order valence-corrected chi connectivity index (χ4v) is 2.18. The van der Waals surface area contributed by atoms with E-state index < -0.39 is 29.5 Å². The number of hydrogen-bond acceptors (Lipinski definition) is 2. The van der Waals surface area contributed by atoms with Crippen LogP contribution >= 0.6 is 0 Å². The van der Waals surface area contributed by atoms with E-state index in [9.17, 15) is 18.4 Å². The molecular weight excluding hydrogens is 326 g/mol. The third kappa shape index (κ3) is 4.97. The van der Waals surface area contributed by atoms with Gasteiger partial charge in [-0.2, -0.15) is 0 Å². The Balaban J connectivity index is 2.16. The molecule has 2 rings (SSSR count). The van der Waals surface area contributed by atoms with Crippen LogP contribution in [0.1, 0.15) is 22.7 Å². The highest BCUT2D eigenvalue weighted by Crippen LogP contribution is 2.17. The van der Waals surface area contributed by atoms with E-state index in [1.807, 2.05) is 31.2 Å². The molecule has 2 aromatic carbocycles. The molecule has 4 nitrogen and oxygen atoms in total. The van der Waals surface area contributed by atoms with E-state index in [0.29, 0.717) is 0 Å². The van der Waals surface area contributed by atoms with Gasteiger partial charge in [0.25, 0.3) is 0 Å². The summed E-state index contributed by atoms with van der Waals surface area (Å²) in [4.78, 5) is 24.1. The standard InChI is InChI=1S/C19H18F2N2O2/c1-12-3-5-13(6-4-12)7-10-17(24)23-18(19(25)22-2)14-8-9-15(20)16(21)11-14/h3-11,18H,1-2H3,(H,22,25)(H,23,24). The molecule has 0 aliphatic rings. The van der Waals surface area contributed by atoms with E-state index in [1.165, 1.54) is 19.2 Å². The van der Waals surface area contributed by atoms with Gasteiger partial charge in [0.15, 0.2) is 11.6 Å². The van der Waals surface area contributed by atoms with Crippen LogP contribution in [0.15, 0.2) is 48.5 Å². The molecule has 0 saturated carbocycles. The molecule has 0 fully saturated rings. The minimum Gasteiger partial charge on any atom is -0.357 e. The predicted octanol–water partition coefficient (Wildman–Crippen LogP) is 2.89. The lowest BCUT2D eigenvalue weighted by Crippen LogP contribution is -2.38. The lowest BCUT2D eigenvalue weighted by Gasteiger charge is -2.17. The number of carbonyl (C=O) groups is 2. The van der Waals surface area contributed by atoms with Crippen molar-refractivity contribution in [1.82, 2.24) is 10.6 Å². The molecule has 1 unspecified atom stereocenters. The zero-order valence-corrected chi connectivity index (χ0v) is 13.8. The second-order valence-corrected chi connectivity index (χ2v) is 5.47. The molecule has 130 valence electrons. The predicted molar refractivity (Wildman–Crippen MR) is 91.5 cm³/mol. The number of nitrogens with one attached hydrogen (secondary N) is 2. The summed E-state index contributed by atoms with van der Waals surface area (Å²) in [6.07, 6.45) is 2.88. The van der Waals surface area contributed by atoms with Crippen LogP contribution in [0.2, 0.25) is 0 Å². The monoisotopic (exact) mass is 344 g/mol. The summed E-state index contributed by atoms with van der Waals surface area (Å²) in [5, 5.41) is 4.87. The van der Waals surface area contributed by atoms with Gasteiger partial charge in [0.05, 0.1) is 0 Å². The van der Waals surface area contributed by atoms with Gasteiger partial charge in [-0.25, -0.2) is 8.78 Å². The van der Waals surface area contributed by atoms with Gasteiger partial charge in [-0.1, -0.05) is 35.9 Å². The molecular formula is C19H18F2N2O2. The molecule has 0 aliphatic heterocycles. The number of halogens is 2. The largest absolute Gasteiger partial charge is 0.357 e. The lowest BCUT2D eigenvalue weighted by atomic mass is 10.1. The van der Waals surface area contributed by atoms with E-state index >= 15 is 0 Å². The average molecular weight is 344 g/mol. The molecule has 0 aromatic heterocycles. The number of benzene rings is 2. The van der Waals surface area contributed by atoms with Crippen LogP contribution in [0.5, 0.6) is 0 Å². The van der Waals surface area contributed by atoms with Crippen molar-refractivity contribution >= 4 is 17.9 Å². The van der Waals surface area contributed by atoms with Crippen LogP contribution in [-0.2, 0) is 9.59 Å². The topological polar surface area (TPSA) is 58.2 Å². The van der Waals surface area contributed by atoms with Gasteiger partial charge >= 0.3 is 0 Å². The summed E-state index contributed by atoms with van der Waals surface area (Å²) in [6, 6.07) is 9.44. The maximum absolute atomic E-state index is 13.4. The summed E-state index contributed by atoms with van der Waals surface area (Å²) in [6.45, 7) is 1.95. The summed E-state index contributed by atoms with van der Waals surface area (Å²) in [5.74, 6) is -3.18. The maximum Gasteiger partial charge on any atom is 0.246 e. The van der Waals surface area contributed by atoms with E-state index in [-0.39, 0.29) is 5.56 Å². The maximum atomic E-state index is 13.4. The summed E-state index contributed by atoms with van der Waals surface area (Å²) in [7, 11) is 1.39. The Bertz CT molecular complexity index is 802. The van der Waals surface area contributed by atoms with E-state index in [2.05, 4.69) is 10.6 Å². The smallest absolute Gasteiger partial charge is 0.246 e. The Morgan fingerprint density at radius 3 is 2.32 bits per heavy atom. The van der Waals surface area contributed by atoms with Crippen molar-refractivity contribution in [1.29, 1.82) is 0 Å². The molecule has 0 saturated heterocycles. The van der Waals surface area contributed by atoms with Crippen molar-refractivity contribution in [2.75, 3.05) is 7.05 Å². The van der Waals surface area contributed by atoms with Crippen molar-refractivity contribution in [2.24, 2.45) is 0 Å². The second-order valence-electron chi connectivity index (χ2n) is 5.47. The molecule has 0 heterocycles. The van der Waals surface area contributed by atoms with Gasteiger partial charge in [-0.3, -0.25) is 9.59 Å². The second kappa shape index (κ2) is 8.19. The molecule has 2 amide bonds. The molecule has 0 spiro atoms. The molecule has 0 radical (unpaired) electrons. The average Bonchev–Trinajstić information content (AvgIpc) is 2.61. The van der Waals surface area contributed by atoms with Crippen molar-refractivity contribution in [3.8, 4) is 0 Å². The summed E-state index contributed by atoms with van der Waals surface area (Å²) >= 11 is 0. The Labute approximate surface area is 144 Å². The van der Waals surface area contributed by atoms with Crippen LogP contribution in [0.3, 0.4) is 0 Å². The van der Waals surface area contributed by atoms with Crippen molar-refractivity contribution in [3.63, 3.8) is 0 Å². The summed E-state index contributed by atoms with van der Waals surface area (Å²) in [5.41, 5.74) is 2.07. The zero-order valence-electron chi connectivity index (χ0n) is 13.8. The Hall–Kier alpha value is -3.02. The normalized spacial score (nSPS) is 12.0. The molecule has 0 aliphatic carbocycles. The van der Waals surface area contributed by atoms with Gasteiger partial charge < -0.3 is 10.6 Å². The zero-order chi connectivity index (χ0) is 18.4. The first-order chi connectivity index (χ1) is 11.9. The van der Waals surface area contributed by atoms with Crippen LogP contribution in [0, 0.1) is 18.6 Å². The van der Waals surface area contributed by atoms with Crippen molar-refractivity contribution in [3.05, 3.63) is 76.9 Å². The number of carbonyl (C=O) groups excluding carboxylic acids is 2. The van der Waals surface area contributed by atoms with Crippen molar-refractivity contribution < 1.29 is 18.4 Å². The number of hydrogen-bond donors (Lipinski definition) is 2. The lowest BCUT2D eigenvalue weighted by molar-refractivity contribution is -0.126. The fourth-order valence-electron chi connectivity index (χ4n) is 2.18. The van der Waals surface area contributed by atoms with Crippen LogP contribution in [-0.4, -0.2) is 18.9 Å². The third-order valence-electron chi connectivity index (χ3n) is 3.58. The minimum atomic E-state index is -1.13. The molecule has 2 aromatic rings.